The zero-order chi connectivity index (χ0) is 50.5. The van der Waals surface area contributed by atoms with Crippen LogP contribution in [-0.2, 0) is 26.5 Å². The Bertz CT molecular complexity index is 3690. The molecular formula is C70H58O3. The predicted molar refractivity (Wildman–Crippen MR) is 300 cm³/mol. The Kier molecular flexibility index (Phi) is 9.53. The van der Waals surface area contributed by atoms with Crippen LogP contribution in [0.15, 0.2) is 188 Å². The molecule has 4 aliphatic rings. The van der Waals surface area contributed by atoms with Gasteiger partial charge in [-0.05, 0) is 195 Å². The van der Waals surface area contributed by atoms with E-state index in [1.165, 1.54) is 118 Å². The molecule has 3 heteroatoms. The summed E-state index contributed by atoms with van der Waals surface area (Å²) in [5, 5.41) is 10.00. The highest BCUT2D eigenvalue weighted by Crippen LogP contribution is 2.55. The zero-order valence-corrected chi connectivity index (χ0v) is 43.1. The van der Waals surface area contributed by atoms with Crippen LogP contribution in [-0.4, -0.2) is 11.1 Å². The van der Waals surface area contributed by atoms with Gasteiger partial charge in [0.05, 0.1) is 11.8 Å². The van der Waals surface area contributed by atoms with Gasteiger partial charge in [-0.3, -0.25) is 0 Å². The van der Waals surface area contributed by atoms with Crippen molar-refractivity contribution in [1.29, 1.82) is 0 Å². The van der Waals surface area contributed by atoms with Crippen molar-refractivity contribution < 1.29 is 14.6 Å². The molecule has 0 atom stereocenters. The second-order valence-corrected chi connectivity index (χ2v) is 23.1. The molecule has 4 aliphatic carbocycles. The van der Waals surface area contributed by atoms with Gasteiger partial charge in [0.25, 0.3) is 0 Å². The minimum Gasteiger partial charge on any atom is -0.512 e. The topological polar surface area (TPSA) is 46.5 Å². The van der Waals surface area contributed by atoms with Gasteiger partial charge in [0, 0.05) is 21.7 Å². The maximum absolute atomic E-state index is 13.1. The van der Waals surface area contributed by atoms with E-state index in [4.69, 9.17) is 4.74 Å². The Hall–Kier alpha value is -8.01. The van der Waals surface area contributed by atoms with Crippen molar-refractivity contribution in [2.45, 2.75) is 84.0 Å². The number of hydrogen-bond acceptors (Lipinski definition) is 3. The molecular weight excluding hydrogens is 889 g/mol. The van der Waals surface area contributed by atoms with E-state index in [-0.39, 0.29) is 27.4 Å². The summed E-state index contributed by atoms with van der Waals surface area (Å²) in [6.45, 7) is 20.2. The van der Waals surface area contributed by atoms with Crippen molar-refractivity contribution in [2.75, 3.05) is 0 Å². The van der Waals surface area contributed by atoms with E-state index >= 15 is 0 Å². The Morgan fingerprint density at radius 1 is 0.342 bits per heavy atom. The first-order valence-electron chi connectivity index (χ1n) is 25.7. The van der Waals surface area contributed by atoms with Crippen molar-refractivity contribution in [1.82, 2.24) is 0 Å². The number of allylic oxidation sites excluding steroid dienone is 1. The number of aliphatic hydroxyl groups is 1. The smallest absolute Gasteiger partial charge is 0.339 e. The lowest BCUT2D eigenvalue weighted by molar-refractivity contribution is -0.129. The number of hydrogen-bond donors (Lipinski definition) is 1. The number of carbonyl (C=O) groups excluding carboxylic acids is 1. The molecule has 9 aromatic rings. The van der Waals surface area contributed by atoms with Crippen molar-refractivity contribution >= 4 is 5.97 Å². The van der Waals surface area contributed by atoms with Crippen LogP contribution in [0, 0.1) is 0 Å². The number of ether oxygens (including phenoxy) is 1. The molecule has 73 heavy (non-hydrogen) atoms. The van der Waals surface area contributed by atoms with Gasteiger partial charge in [-0.15, -0.1) is 0 Å². The molecule has 0 aliphatic heterocycles. The summed E-state index contributed by atoms with van der Waals surface area (Å²) in [4.78, 5) is 13.1. The van der Waals surface area contributed by atoms with Gasteiger partial charge in [-0.1, -0.05) is 177 Å². The van der Waals surface area contributed by atoms with Crippen molar-refractivity contribution in [3.8, 4) is 94.8 Å². The third-order valence-electron chi connectivity index (χ3n) is 17.3. The van der Waals surface area contributed by atoms with E-state index in [1.54, 1.807) is 0 Å². The number of benzene rings is 9. The van der Waals surface area contributed by atoms with Crippen LogP contribution >= 0.6 is 0 Å². The van der Waals surface area contributed by atoms with Gasteiger partial charge in [-0.2, -0.15) is 0 Å². The minimum atomic E-state index is -0.626. The monoisotopic (exact) mass is 946 g/mol. The molecule has 356 valence electrons. The lowest BCUT2D eigenvalue weighted by Gasteiger charge is -2.24. The zero-order valence-electron chi connectivity index (χ0n) is 43.1. The van der Waals surface area contributed by atoms with E-state index in [0.29, 0.717) is 5.75 Å². The maximum Gasteiger partial charge on any atom is 0.339 e. The highest BCUT2D eigenvalue weighted by atomic mass is 16.5. The van der Waals surface area contributed by atoms with Gasteiger partial charge >= 0.3 is 5.97 Å². The number of carbonyl (C=O) groups is 1. The Morgan fingerprint density at radius 3 is 0.904 bits per heavy atom. The lowest BCUT2D eigenvalue weighted by atomic mass is 9.79. The fourth-order valence-electron chi connectivity index (χ4n) is 13.3. The molecule has 13 rings (SSSR count). The average Bonchev–Trinajstić information content (AvgIpc) is 3.95. The molecule has 0 spiro atoms. The quantitative estimate of drug-likeness (QED) is 0.0782. The predicted octanol–water partition coefficient (Wildman–Crippen LogP) is 17.9. The maximum atomic E-state index is 13.1. The minimum absolute atomic E-state index is 0.0711. The standard InChI is InChI=1S/C70H58O3/c1-40(71)30-66(72)73-49-32-47(45-22-28-56-54-26-20-43(36-62(54)69(6,7)64(56)38-45)41-18-24-52-50-14-10-12-16-58(50)67(2,3)60(52)34-41)31-48(33-49)46-23-29-57-55-27-21-44(37-63(55)70(8,9)65(57)39-46)42-19-25-53-51-15-11-13-17-59(51)68(4,5)61(53)35-42/h10-39,71H,1-9H3/b40-30-. The largest absolute Gasteiger partial charge is 0.512 e. The summed E-state index contributed by atoms with van der Waals surface area (Å²) >= 11 is 0. The Morgan fingerprint density at radius 2 is 0.603 bits per heavy atom. The second kappa shape index (κ2) is 15.5. The molecule has 0 amide bonds. The molecule has 0 radical (unpaired) electrons. The van der Waals surface area contributed by atoms with E-state index in [9.17, 15) is 9.90 Å². The highest BCUT2D eigenvalue weighted by Gasteiger charge is 2.40. The number of rotatable bonds is 6. The fraction of sp³-hybridized carbons (Fsp3) is 0.186. The molecule has 0 saturated heterocycles. The SMILES string of the molecule is C/C(O)=C/C(=O)Oc1cc(-c2ccc3c(c2)C(C)(C)c2cc(-c4ccc5c(c4)C(C)(C)c4ccccc4-5)ccc2-3)cc(-c2ccc3c(c2)C(C)(C)c2cc(-c4ccc5c(c4)C(C)(C)c4ccccc4-5)ccc2-3)c1. The summed E-state index contributed by atoms with van der Waals surface area (Å²) < 4.78 is 5.97. The summed E-state index contributed by atoms with van der Waals surface area (Å²) in [6.07, 6.45) is 1.12. The molecule has 1 N–H and O–H groups in total. The molecule has 0 unspecified atom stereocenters. The first-order chi connectivity index (χ1) is 34.9. The van der Waals surface area contributed by atoms with E-state index < -0.39 is 5.97 Å². The Labute approximate surface area is 429 Å². The second-order valence-electron chi connectivity index (χ2n) is 23.1. The van der Waals surface area contributed by atoms with Crippen molar-refractivity contribution in [3.63, 3.8) is 0 Å². The van der Waals surface area contributed by atoms with Crippen molar-refractivity contribution in [2.24, 2.45) is 0 Å². The highest BCUT2D eigenvalue weighted by molar-refractivity contribution is 5.92. The fourth-order valence-corrected chi connectivity index (χ4v) is 13.3. The van der Waals surface area contributed by atoms with E-state index in [2.05, 4.69) is 219 Å². The molecule has 3 nitrogen and oxygen atoms in total. The molecule has 0 saturated carbocycles. The van der Waals surface area contributed by atoms with Crippen LogP contribution in [0.4, 0.5) is 0 Å². The third-order valence-corrected chi connectivity index (χ3v) is 17.3. The summed E-state index contributed by atoms with van der Waals surface area (Å²) in [5.74, 6) is -0.319. The summed E-state index contributed by atoms with van der Waals surface area (Å²) in [5.41, 5.74) is 29.1. The average molecular weight is 947 g/mol. The lowest BCUT2D eigenvalue weighted by Crippen LogP contribution is -2.15. The van der Waals surface area contributed by atoms with Gasteiger partial charge in [0.1, 0.15) is 5.75 Å². The van der Waals surface area contributed by atoms with Crippen LogP contribution in [0.3, 0.4) is 0 Å². The van der Waals surface area contributed by atoms with Crippen LogP contribution in [0.5, 0.6) is 5.75 Å². The van der Waals surface area contributed by atoms with Crippen LogP contribution < -0.4 is 4.74 Å². The van der Waals surface area contributed by atoms with Gasteiger partial charge in [0.15, 0.2) is 0 Å². The molecule has 0 aromatic heterocycles. The van der Waals surface area contributed by atoms with Gasteiger partial charge in [-0.25, -0.2) is 4.79 Å². The van der Waals surface area contributed by atoms with Gasteiger partial charge in [0.2, 0.25) is 0 Å². The molecule has 9 aromatic carbocycles. The van der Waals surface area contributed by atoms with Crippen LogP contribution in [0.1, 0.15) is 107 Å². The van der Waals surface area contributed by atoms with Crippen molar-refractivity contribution in [3.05, 3.63) is 232 Å². The first-order valence-corrected chi connectivity index (χ1v) is 25.7. The number of fused-ring (bicyclic) bond motifs is 12. The molecule has 0 fully saturated rings. The van der Waals surface area contributed by atoms with E-state index in [0.717, 1.165) is 28.3 Å². The first kappa shape index (κ1) is 44.9. The summed E-state index contributed by atoms with van der Waals surface area (Å²) in [6, 6.07) is 65.3. The van der Waals surface area contributed by atoms with E-state index in [1.807, 2.05) is 12.1 Å². The third kappa shape index (κ3) is 6.67. The normalized spacial score (nSPS) is 16.1. The molecule has 0 heterocycles. The van der Waals surface area contributed by atoms with Crippen LogP contribution in [0.2, 0.25) is 0 Å². The summed E-state index contributed by atoms with van der Waals surface area (Å²) in [7, 11) is 0. The number of aliphatic hydroxyl groups excluding tert-OH is 1. The van der Waals surface area contributed by atoms with Gasteiger partial charge < -0.3 is 9.84 Å². The Balaban J connectivity index is 0.843. The number of esters is 1. The van der Waals surface area contributed by atoms with Crippen LogP contribution in [0.25, 0.3) is 89.0 Å². The molecule has 0 bridgehead atoms.